The molecule has 0 bridgehead atoms. The average Bonchev–Trinajstić information content (AvgIpc) is 2.26. The second-order valence-electron chi connectivity index (χ2n) is 4.16. The van der Waals surface area contributed by atoms with Crippen LogP contribution >= 0.6 is 0 Å². The van der Waals surface area contributed by atoms with Gasteiger partial charge in [0.05, 0.1) is 12.2 Å². The van der Waals surface area contributed by atoms with E-state index in [0.29, 0.717) is 18.2 Å². The molecule has 1 rings (SSSR count). The fourth-order valence-electron chi connectivity index (χ4n) is 1.92. The molecule has 0 heterocycles. The van der Waals surface area contributed by atoms with Gasteiger partial charge in [0.1, 0.15) is 0 Å². The van der Waals surface area contributed by atoms with E-state index in [1.807, 2.05) is 7.11 Å². The molecule has 1 saturated carbocycles. The fraction of sp³-hybridized carbons (Fsp3) is 1.00. The molecule has 1 unspecified atom stereocenters. The third kappa shape index (κ3) is 3.95. The number of hydrogen-bond donors (Lipinski definition) is 1. The Balaban J connectivity index is 2.10. The SMILES string of the molecule is COC(C)CNC1CCC(OC)CC1. The second-order valence-corrected chi connectivity index (χ2v) is 4.16. The normalized spacial score (nSPS) is 30.2. The van der Waals surface area contributed by atoms with E-state index in [-0.39, 0.29) is 0 Å². The Hall–Kier alpha value is -0.120. The molecule has 14 heavy (non-hydrogen) atoms. The number of nitrogens with one attached hydrogen (secondary N) is 1. The molecular formula is C11H23NO2. The highest BCUT2D eigenvalue weighted by Gasteiger charge is 2.20. The minimum Gasteiger partial charge on any atom is -0.381 e. The lowest BCUT2D eigenvalue weighted by atomic mass is 9.93. The predicted octanol–water partition coefficient (Wildman–Crippen LogP) is 1.57. The van der Waals surface area contributed by atoms with Crippen LogP contribution in [0.25, 0.3) is 0 Å². The van der Waals surface area contributed by atoms with Crippen molar-refractivity contribution in [3.8, 4) is 0 Å². The van der Waals surface area contributed by atoms with Crippen molar-refractivity contribution in [2.45, 2.75) is 50.9 Å². The Bertz CT molecular complexity index is 144. The summed E-state index contributed by atoms with van der Waals surface area (Å²) < 4.78 is 10.5. The first-order valence-electron chi connectivity index (χ1n) is 5.55. The van der Waals surface area contributed by atoms with Crippen LogP contribution in [0.15, 0.2) is 0 Å². The highest BCUT2D eigenvalue weighted by Crippen LogP contribution is 2.20. The van der Waals surface area contributed by atoms with Crippen LogP contribution in [-0.2, 0) is 9.47 Å². The summed E-state index contributed by atoms with van der Waals surface area (Å²) in [5, 5.41) is 3.54. The van der Waals surface area contributed by atoms with Gasteiger partial charge in [-0.3, -0.25) is 0 Å². The minimum atomic E-state index is 0.315. The summed E-state index contributed by atoms with van der Waals surface area (Å²) >= 11 is 0. The molecule has 0 aromatic rings. The Morgan fingerprint density at radius 3 is 2.36 bits per heavy atom. The van der Waals surface area contributed by atoms with Crippen LogP contribution in [-0.4, -0.2) is 39.0 Å². The van der Waals surface area contributed by atoms with Gasteiger partial charge in [-0.1, -0.05) is 0 Å². The van der Waals surface area contributed by atoms with Gasteiger partial charge in [0, 0.05) is 26.8 Å². The largest absolute Gasteiger partial charge is 0.381 e. The molecular weight excluding hydrogens is 178 g/mol. The summed E-state index contributed by atoms with van der Waals surface area (Å²) in [5.74, 6) is 0. The zero-order chi connectivity index (χ0) is 10.4. The summed E-state index contributed by atoms with van der Waals surface area (Å²) in [6.07, 6.45) is 5.65. The Kier molecular flexibility index (Phi) is 5.45. The van der Waals surface area contributed by atoms with Gasteiger partial charge in [0.25, 0.3) is 0 Å². The highest BCUT2D eigenvalue weighted by atomic mass is 16.5. The van der Waals surface area contributed by atoms with Gasteiger partial charge in [-0.25, -0.2) is 0 Å². The van der Waals surface area contributed by atoms with Gasteiger partial charge in [-0.05, 0) is 32.6 Å². The number of methoxy groups -OCH3 is 2. The molecule has 1 N–H and O–H groups in total. The molecule has 0 saturated heterocycles. The molecule has 0 radical (unpaired) electrons. The van der Waals surface area contributed by atoms with E-state index in [0.717, 1.165) is 6.54 Å². The maximum absolute atomic E-state index is 5.33. The molecule has 1 atom stereocenters. The van der Waals surface area contributed by atoms with Crippen molar-refractivity contribution in [3.05, 3.63) is 0 Å². The first kappa shape index (κ1) is 12.0. The molecule has 0 aliphatic heterocycles. The quantitative estimate of drug-likeness (QED) is 0.732. The maximum Gasteiger partial charge on any atom is 0.0667 e. The molecule has 0 amide bonds. The van der Waals surface area contributed by atoms with Crippen molar-refractivity contribution in [3.63, 3.8) is 0 Å². The van der Waals surface area contributed by atoms with Crippen LogP contribution in [0.2, 0.25) is 0 Å². The monoisotopic (exact) mass is 201 g/mol. The van der Waals surface area contributed by atoms with Crippen LogP contribution in [0, 0.1) is 0 Å². The zero-order valence-corrected chi connectivity index (χ0v) is 9.58. The zero-order valence-electron chi connectivity index (χ0n) is 9.58. The van der Waals surface area contributed by atoms with Gasteiger partial charge in [-0.2, -0.15) is 0 Å². The minimum absolute atomic E-state index is 0.315. The van der Waals surface area contributed by atoms with Crippen molar-refractivity contribution < 1.29 is 9.47 Å². The van der Waals surface area contributed by atoms with E-state index < -0.39 is 0 Å². The molecule has 0 aromatic heterocycles. The summed E-state index contributed by atoms with van der Waals surface area (Å²) in [6, 6.07) is 0.666. The summed E-state index contributed by atoms with van der Waals surface area (Å²) in [7, 11) is 3.57. The lowest BCUT2D eigenvalue weighted by molar-refractivity contribution is 0.0586. The Morgan fingerprint density at radius 2 is 1.86 bits per heavy atom. The van der Waals surface area contributed by atoms with Crippen molar-refractivity contribution >= 4 is 0 Å². The highest BCUT2D eigenvalue weighted by molar-refractivity contribution is 4.77. The van der Waals surface area contributed by atoms with E-state index in [1.165, 1.54) is 25.7 Å². The van der Waals surface area contributed by atoms with Crippen LogP contribution in [0.1, 0.15) is 32.6 Å². The third-order valence-electron chi connectivity index (χ3n) is 3.10. The first-order chi connectivity index (χ1) is 6.76. The van der Waals surface area contributed by atoms with E-state index in [2.05, 4.69) is 12.2 Å². The summed E-state index contributed by atoms with van der Waals surface area (Å²) in [5.41, 5.74) is 0. The molecule has 1 aliphatic carbocycles. The third-order valence-corrected chi connectivity index (χ3v) is 3.10. The molecule has 3 nitrogen and oxygen atoms in total. The molecule has 0 spiro atoms. The van der Waals surface area contributed by atoms with Crippen molar-refractivity contribution in [1.82, 2.24) is 5.32 Å². The van der Waals surface area contributed by atoms with E-state index in [9.17, 15) is 0 Å². The number of rotatable bonds is 5. The van der Waals surface area contributed by atoms with Gasteiger partial charge in [0.15, 0.2) is 0 Å². The topological polar surface area (TPSA) is 30.5 Å². The molecule has 1 aliphatic rings. The van der Waals surface area contributed by atoms with E-state index in [4.69, 9.17) is 9.47 Å². The van der Waals surface area contributed by atoms with Crippen LogP contribution < -0.4 is 5.32 Å². The first-order valence-corrected chi connectivity index (χ1v) is 5.55. The summed E-state index contributed by atoms with van der Waals surface area (Å²) in [4.78, 5) is 0. The van der Waals surface area contributed by atoms with Gasteiger partial charge < -0.3 is 14.8 Å². The predicted molar refractivity (Wildman–Crippen MR) is 57.5 cm³/mol. The lowest BCUT2D eigenvalue weighted by Crippen LogP contribution is -2.38. The standard InChI is InChI=1S/C11H23NO2/c1-9(13-2)8-12-10-4-6-11(14-3)7-5-10/h9-12H,4-8H2,1-3H3. The van der Waals surface area contributed by atoms with Gasteiger partial charge >= 0.3 is 0 Å². The van der Waals surface area contributed by atoms with Crippen molar-refractivity contribution in [2.24, 2.45) is 0 Å². The molecule has 0 aromatic carbocycles. The number of ether oxygens (including phenoxy) is 2. The van der Waals surface area contributed by atoms with Crippen molar-refractivity contribution in [2.75, 3.05) is 20.8 Å². The van der Waals surface area contributed by atoms with E-state index in [1.54, 1.807) is 7.11 Å². The Morgan fingerprint density at radius 1 is 1.21 bits per heavy atom. The average molecular weight is 201 g/mol. The molecule has 3 heteroatoms. The second kappa shape index (κ2) is 6.38. The lowest BCUT2D eigenvalue weighted by Gasteiger charge is -2.29. The summed E-state index contributed by atoms with van der Waals surface area (Å²) in [6.45, 7) is 3.05. The van der Waals surface area contributed by atoms with Crippen LogP contribution in [0.3, 0.4) is 0 Å². The van der Waals surface area contributed by atoms with Gasteiger partial charge in [-0.15, -0.1) is 0 Å². The number of hydrogen-bond acceptors (Lipinski definition) is 3. The smallest absolute Gasteiger partial charge is 0.0667 e. The van der Waals surface area contributed by atoms with Crippen LogP contribution in [0.4, 0.5) is 0 Å². The molecule has 1 fully saturated rings. The molecule has 84 valence electrons. The maximum atomic E-state index is 5.33. The Labute approximate surface area is 87.2 Å². The van der Waals surface area contributed by atoms with Crippen molar-refractivity contribution in [1.29, 1.82) is 0 Å². The van der Waals surface area contributed by atoms with E-state index >= 15 is 0 Å². The van der Waals surface area contributed by atoms with Crippen LogP contribution in [0.5, 0.6) is 0 Å². The fourth-order valence-corrected chi connectivity index (χ4v) is 1.92. The van der Waals surface area contributed by atoms with Gasteiger partial charge in [0.2, 0.25) is 0 Å².